The first-order valence-electron chi connectivity index (χ1n) is 9.71. The number of amides is 1. The summed E-state index contributed by atoms with van der Waals surface area (Å²) in [5.41, 5.74) is -0.775. The fraction of sp³-hybridized carbons (Fsp3) is 0.650. The number of ether oxygens (including phenoxy) is 1. The minimum atomic E-state index is -4.41. The fourth-order valence-electron chi connectivity index (χ4n) is 3.47. The Morgan fingerprint density at radius 1 is 1.18 bits per heavy atom. The van der Waals surface area contributed by atoms with Gasteiger partial charge < -0.3 is 20.1 Å². The summed E-state index contributed by atoms with van der Waals surface area (Å²) < 4.78 is 42.8. The summed E-state index contributed by atoms with van der Waals surface area (Å²) in [5, 5.41) is 12.0. The van der Waals surface area contributed by atoms with Crippen LogP contribution >= 0.6 is 0 Å². The van der Waals surface area contributed by atoms with Crippen LogP contribution < -0.4 is 10.1 Å². The molecule has 5 nitrogen and oxygen atoms in total. The van der Waals surface area contributed by atoms with E-state index in [4.69, 9.17) is 9.84 Å². The van der Waals surface area contributed by atoms with Gasteiger partial charge in [0.2, 0.25) is 0 Å². The van der Waals surface area contributed by atoms with Crippen molar-refractivity contribution < 1.29 is 27.8 Å². The third-order valence-corrected chi connectivity index (χ3v) is 5.26. The van der Waals surface area contributed by atoms with E-state index >= 15 is 0 Å². The molecule has 0 radical (unpaired) electrons. The number of aliphatic hydroxyl groups excluding tert-OH is 1. The van der Waals surface area contributed by atoms with Gasteiger partial charge >= 0.3 is 12.3 Å². The first-order chi connectivity index (χ1) is 13.3. The van der Waals surface area contributed by atoms with Crippen LogP contribution in [0.3, 0.4) is 0 Å². The van der Waals surface area contributed by atoms with Crippen LogP contribution in [0.15, 0.2) is 24.3 Å². The first kappa shape index (κ1) is 22.5. The zero-order valence-electron chi connectivity index (χ0n) is 16.2. The molecule has 1 aliphatic rings. The van der Waals surface area contributed by atoms with Crippen molar-refractivity contribution in [2.24, 2.45) is 11.8 Å². The Morgan fingerprint density at radius 3 is 2.36 bits per heavy atom. The van der Waals surface area contributed by atoms with Gasteiger partial charge in [0.15, 0.2) is 0 Å². The van der Waals surface area contributed by atoms with Crippen molar-refractivity contribution in [3.8, 4) is 5.75 Å². The minimum Gasteiger partial charge on any atom is -0.410 e. The van der Waals surface area contributed by atoms with Crippen LogP contribution in [0.2, 0.25) is 0 Å². The van der Waals surface area contributed by atoms with Crippen molar-refractivity contribution in [2.75, 3.05) is 33.3 Å². The van der Waals surface area contributed by atoms with Crippen LogP contribution in [0.25, 0.3) is 0 Å². The smallest absolute Gasteiger partial charge is 0.410 e. The molecule has 28 heavy (non-hydrogen) atoms. The van der Waals surface area contributed by atoms with E-state index in [2.05, 4.69) is 5.32 Å². The lowest BCUT2D eigenvalue weighted by Crippen LogP contribution is -2.33. The van der Waals surface area contributed by atoms with Gasteiger partial charge in [-0.2, -0.15) is 13.2 Å². The Hall–Kier alpha value is -1.80. The third-order valence-electron chi connectivity index (χ3n) is 5.26. The molecule has 1 saturated carbocycles. The SMILES string of the molecule is CN(CCC1CCC(CNCCO)CC1)C(=O)Oc1ccc(C(F)(F)F)cc1. The molecule has 2 N–H and O–H groups in total. The Bertz CT molecular complexity index is 600. The highest BCUT2D eigenvalue weighted by atomic mass is 19.4. The molecular weight excluding hydrogens is 373 g/mol. The average Bonchev–Trinajstić information content (AvgIpc) is 2.67. The number of hydrogen-bond acceptors (Lipinski definition) is 4. The van der Waals surface area contributed by atoms with Gasteiger partial charge in [-0.1, -0.05) is 12.8 Å². The van der Waals surface area contributed by atoms with Crippen molar-refractivity contribution in [1.82, 2.24) is 10.2 Å². The lowest BCUT2D eigenvalue weighted by molar-refractivity contribution is -0.137. The van der Waals surface area contributed by atoms with Crippen LogP contribution in [-0.2, 0) is 6.18 Å². The lowest BCUT2D eigenvalue weighted by atomic mass is 9.80. The summed E-state index contributed by atoms with van der Waals surface area (Å²) in [4.78, 5) is 13.6. The summed E-state index contributed by atoms with van der Waals surface area (Å²) in [5.74, 6) is 1.31. The predicted molar refractivity (Wildman–Crippen MR) is 100 cm³/mol. The van der Waals surface area contributed by atoms with Crippen LogP contribution in [0.1, 0.15) is 37.7 Å². The maximum absolute atomic E-state index is 12.6. The highest BCUT2D eigenvalue weighted by Gasteiger charge is 2.30. The quantitative estimate of drug-likeness (QED) is 0.647. The number of rotatable bonds is 8. The Labute approximate surface area is 163 Å². The van der Waals surface area contributed by atoms with Crippen LogP contribution in [0.5, 0.6) is 5.75 Å². The zero-order valence-corrected chi connectivity index (χ0v) is 16.2. The third kappa shape index (κ3) is 7.31. The van der Waals surface area contributed by atoms with E-state index in [0.29, 0.717) is 24.9 Å². The molecule has 1 aromatic carbocycles. The monoisotopic (exact) mass is 402 g/mol. The van der Waals surface area contributed by atoms with Gasteiger partial charge in [-0.3, -0.25) is 0 Å². The number of hydrogen-bond donors (Lipinski definition) is 2. The van der Waals surface area contributed by atoms with Crippen molar-refractivity contribution in [3.05, 3.63) is 29.8 Å². The van der Waals surface area contributed by atoms with E-state index < -0.39 is 17.8 Å². The highest BCUT2D eigenvalue weighted by Crippen LogP contribution is 2.31. The topological polar surface area (TPSA) is 61.8 Å². The largest absolute Gasteiger partial charge is 0.416 e. The summed E-state index contributed by atoms with van der Waals surface area (Å²) in [6, 6.07) is 4.11. The zero-order chi connectivity index (χ0) is 20.6. The number of nitrogens with zero attached hydrogens (tertiary/aromatic N) is 1. The summed E-state index contributed by atoms with van der Waals surface area (Å²) >= 11 is 0. The number of aliphatic hydroxyl groups is 1. The van der Waals surface area contributed by atoms with Gasteiger partial charge in [-0.15, -0.1) is 0 Å². The predicted octanol–water partition coefficient (Wildman–Crippen LogP) is 3.91. The standard InChI is InChI=1S/C20H29F3N2O3/c1-25(12-10-15-2-4-16(5-3-15)14-24-11-13-26)19(27)28-18-8-6-17(7-9-18)20(21,22)23/h6-9,15-16,24,26H,2-5,10-14H2,1H3. The second-order valence-electron chi connectivity index (χ2n) is 7.41. The second-order valence-corrected chi connectivity index (χ2v) is 7.41. The van der Waals surface area contributed by atoms with Gasteiger partial charge in [0.05, 0.1) is 12.2 Å². The molecule has 0 heterocycles. The van der Waals surface area contributed by atoms with E-state index in [9.17, 15) is 18.0 Å². The van der Waals surface area contributed by atoms with Crippen molar-refractivity contribution >= 4 is 6.09 Å². The van der Waals surface area contributed by atoms with Crippen molar-refractivity contribution in [1.29, 1.82) is 0 Å². The van der Waals surface area contributed by atoms with Gasteiger partial charge in [0, 0.05) is 20.1 Å². The molecule has 8 heteroatoms. The molecule has 1 amide bonds. The van der Waals surface area contributed by atoms with E-state index in [1.807, 2.05) is 0 Å². The van der Waals surface area contributed by atoms with Gasteiger partial charge in [-0.05, 0) is 61.9 Å². The average molecular weight is 402 g/mol. The molecule has 0 saturated heterocycles. The molecule has 0 spiro atoms. The fourth-order valence-corrected chi connectivity index (χ4v) is 3.47. The molecule has 1 aliphatic carbocycles. The number of alkyl halides is 3. The molecule has 2 rings (SSSR count). The van der Waals surface area contributed by atoms with Gasteiger partial charge in [-0.25, -0.2) is 4.79 Å². The minimum absolute atomic E-state index is 0.0979. The number of carbonyl (C=O) groups is 1. The Kier molecular flexibility index (Phi) is 8.57. The van der Waals surface area contributed by atoms with E-state index in [0.717, 1.165) is 62.9 Å². The number of halogens is 3. The molecular formula is C20H29F3N2O3. The number of nitrogens with one attached hydrogen (secondary N) is 1. The molecule has 0 aliphatic heterocycles. The Morgan fingerprint density at radius 2 is 1.79 bits per heavy atom. The van der Waals surface area contributed by atoms with Crippen LogP contribution in [-0.4, -0.2) is 49.4 Å². The molecule has 0 aromatic heterocycles. The molecule has 158 valence electrons. The second kappa shape index (κ2) is 10.7. The van der Waals surface area contributed by atoms with Crippen molar-refractivity contribution in [2.45, 2.75) is 38.3 Å². The van der Waals surface area contributed by atoms with Crippen LogP contribution in [0, 0.1) is 11.8 Å². The number of benzene rings is 1. The summed E-state index contributed by atoms with van der Waals surface area (Å²) in [7, 11) is 1.64. The number of carbonyl (C=O) groups excluding carboxylic acids is 1. The maximum Gasteiger partial charge on any atom is 0.416 e. The van der Waals surface area contributed by atoms with Gasteiger partial charge in [0.25, 0.3) is 0 Å². The van der Waals surface area contributed by atoms with Gasteiger partial charge in [0.1, 0.15) is 5.75 Å². The highest BCUT2D eigenvalue weighted by molar-refractivity contribution is 5.70. The summed E-state index contributed by atoms with van der Waals surface area (Å²) in [6.45, 7) is 2.28. The van der Waals surface area contributed by atoms with Crippen molar-refractivity contribution in [3.63, 3.8) is 0 Å². The van der Waals surface area contributed by atoms with E-state index in [1.165, 1.54) is 4.90 Å². The molecule has 1 fully saturated rings. The maximum atomic E-state index is 12.6. The lowest BCUT2D eigenvalue weighted by Gasteiger charge is -2.29. The van der Waals surface area contributed by atoms with E-state index in [-0.39, 0.29) is 12.4 Å². The molecule has 0 unspecified atom stereocenters. The molecule has 1 aromatic rings. The normalized spacial score (nSPS) is 20.0. The molecule has 0 atom stereocenters. The Balaban J connectivity index is 1.69. The molecule has 0 bridgehead atoms. The first-order valence-corrected chi connectivity index (χ1v) is 9.71. The van der Waals surface area contributed by atoms with Crippen LogP contribution in [0.4, 0.5) is 18.0 Å². The summed E-state index contributed by atoms with van der Waals surface area (Å²) in [6.07, 6.45) is 0.427. The van der Waals surface area contributed by atoms with E-state index in [1.54, 1.807) is 7.05 Å².